The summed E-state index contributed by atoms with van der Waals surface area (Å²) in [7, 11) is 0. The monoisotopic (exact) mass is 1030 g/mol. The number of nitrogens with zero attached hydrogens (tertiary/aromatic N) is 3. The second-order valence-corrected chi connectivity index (χ2v) is 30.3. The third-order valence-electron chi connectivity index (χ3n) is 22.3. The first-order valence-corrected chi connectivity index (χ1v) is 30.1. The molecule has 7 aromatic carbocycles. The Morgan fingerprint density at radius 1 is 0.462 bits per heavy atom. The molecule has 1 fully saturated rings. The van der Waals surface area contributed by atoms with E-state index >= 15 is 0 Å². The molecule has 0 aromatic heterocycles. The van der Waals surface area contributed by atoms with Crippen LogP contribution in [0, 0.1) is 6.92 Å². The van der Waals surface area contributed by atoms with Gasteiger partial charge in [0.25, 0.3) is 6.71 Å². The molecule has 2 atom stereocenters. The molecule has 3 nitrogen and oxygen atoms in total. The number of aryl methyl sites for hydroxylation is 1. The van der Waals surface area contributed by atoms with Gasteiger partial charge in [-0.2, -0.15) is 0 Å². The van der Waals surface area contributed by atoms with E-state index in [1.165, 1.54) is 169 Å². The maximum atomic E-state index is 2.91. The van der Waals surface area contributed by atoms with Crippen molar-refractivity contribution >= 4 is 68.6 Å². The van der Waals surface area contributed by atoms with E-state index in [0.717, 1.165) is 0 Å². The van der Waals surface area contributed by atoms with E-state index in [1.807, 2.05) is 0 Å². The number of benzene rings is 7. The van der Waals surface area contributed by atoms with Crippen LogP contribution in [0.1, 0.15) is 205 Å². The van der Waals surface area contributed by atoms with Gasteiger partial charge in [-0.3, -0.25) is 0 Å². The standard InChI is InChI=1S/C74H84BN3/c1-45-37-63-65-64(38-45)78-66-59(73(15)31-19-20-32-74(73,78)16)39-46(67(2,3)4)40-61(66)75(65)60-30-26-50(44-62(60)77(63)47-23-27-54-52(41-47)51-21-17-18-22-53(51)72(54,13)14)76(48-24-28-55-57(42-48)70(9,10)35-33-68(55,5)6)49-25-29-56-58(43-49)71(11,12)36-34-69(56,7)8/h17-18,21-30,37-44H,19-20,31-36H2,1-16H3. The fraction of sp³-hybridized carbons (Fsp3) is 0.432. The molecule has 0 amide bonds. The molecular weight excluding hydrogens is 942 g/mol. The number of hydrogen-bond acceptors (Lipinski definition) is 3. The lowest BCUT2D eigenvalue weighted by Gasteiger charge is -2.53. The van der Waals surface area contributed by atoms with Gasteiger partial charge in [0.2, 0.25) is 0 Å². The molecule has 0 bridgehead atoms. The SMILES string of the molecule is Cc1cc2c3c(c1)N1c4c(cc(C(C)(C)C)cc4C4(C)CCCCC14C)B3c1ccc(N(c3ccc4c(c3)C(C)(C)CCC4(C)C)c3ccc4c(c3)C(C)(C)CCC4(C)C)cc1N2c1ccc2c(c1)-c1ccccc1C2(C)C. The summed E-state index contributed by atoms with van der Waals surface area (Å²) in [5.74, 6) is 0. The number of fused-ring (bicyclic) bond motifs is 12. The van der Waals surface area contributed by atoms with Crippen molar-refractivity contribution in [3.8, 4) is 11.1 Å². The lowest BCUT2D eigenvalue weighted by Crippen LogP contribution is -2.64. The van der Waals surface area contributed by atoms with Crippen molar-refractivity contribution < 1.29 is 0 Å². The summed E-state index contributed by atoms with van der Waals surface area (Å²) in [4.78, 5) is 8.26. The molecule has 398 valence electrons. The van der Waals surface area contributed by atoms with Crippen molar-refractivity contribution in [1.29, 1.82) is 0 Å². The van der Waals surface area contributed by atoms with E-state index in [-0.39, 0.29) is 50.2 Å². The minimum atomic E-state index is -0.0904. The first-order chi connectivity index (χ1) is 36.7. The average molecular weight is 1030 g/mol. The van der Waals surface area contributed by atoms with Gasteiger partial charge < -0.3 is 14.7 Å². The number of rotatable bonds is 4. The minimum Gasteiger partial charge on any atom is -0.335 e. The van der Waals surface area contributed by atoms with Crippen LogP contribution in [-0.2, 0) is 37.9 Å². The largest absolute Gasteiger partial charge is 0.335 e. The van der Waals surface area contributed by atoms with Crippen LogP contribution in [-0.4, -0.2) is 12.3 Å². The van der Waals surface area contributed by atoms with Crippen molar-refractivity contribution in [1.82, 2.24) is 0 Å². The molecule has 14 rings (SSSR count). The van der Waals surface area contributed by atoms with Gasteiger partial charge in [-0.25, -0.2) is 0 Å². The highest BCUT2D eigenvalue weighted by molar-refractivity contribution is 7.00. The van der Waals surface area contributed by atoms with Crippen LogP contribution in [0.15, 0.2) is 121 Å². The molecule has 7 aliphatic rings. The second kappa shape index (κ2) is 15.9. The predicted molar refractivity (Wildman–Crippen MR) is 335 cm³/mol. The lowest BCUT2D eigenvalue weighted by molar-refractivity contribution is 0.195. The minimum absolute atomic E-state index is 0.0174. The smallest absolute Gasteiger partial charge is 0.252 e. The first-order valence-electron chi connectivity index (χ1n) is 30.1. The summed E-state index contributed by atoms with van der Waals surface area (Å²) < 4.78 is 0. The number of anilines is 8. The van der Waals surface area contributed by atoms with Gasteiger partial charge in [0.1, 0.15) is 0 Å². The fourth-order valence-electron chi connectivity index (χ4n) is 17.0. The average Bonchev–Trinajstić information content (AvgIpc) is 2.81. The Morgan fingerprint density at radius 3 is 1.65 bits per heavy atom. The van der Waals surface area contributed by atoms with E-state index in [2.05, 4.69) is 247 Å². The zero-order chi connectivity index (χ0) is 54.8. The molecule has 4 heteroatoms. The van der Waals surface area contributed by atoms with Gasteiger partial charge in [0.15, 0.2) is 0 Å². The first kappa shape index (κ1) is 50.2. The normalized spacial score (nSPS) is 23.5. The Hall–Kier alpha value is -6.00. The van der Waals surface area contributed by atoms with Crippen molar-refractivity contribution in [2.75, 3.05) is 14.7 Å². The summed E-state index contributed by atoms with van der Waals surface area (Å²) in [5.41, 5.74) is 30.7. The van der Waals surface area contributed by atoms with E-state index in [0.29, 0.717) is 0 Å². The quantitative estimate of drug-likeness (QED) is 0.163. The van der Waals surface area contributed by atoms with Crippen molar-refractivity contribution in [2.45, 2.75) is 206 Å². The highest BCUT2D eigenvalue weighted by Crippen LogP contribution is 2.63. The summed E-state index contributed by atoms with van der Waals surface area (Å²) in [5, 5.41) is 0. The second-order valence-electron chi connectivity index (χ2n) is 30.3. The van der Waals surface area contributed by atoms with Crippen molar-refractivity contribution in [3.63, 3.8) is 0 Å². The topological polar surface area (TPSA) is 9.72 Å². The summed E-state index contributed by atoms with van der Waals surface area (Å²) in [6.45, 7) is 39.5. The van der Waals surface area contributed by atoms with Crippen LogP contribution in [0.5, 0.6) is 0 Å². The maximum Gasteiger partial charge on any atom is 0.252 e. The maximum absolute atomic E-state index is 2.91. The summed E-state index contributed by atoms with van der Waals surface area (Å²) in [6.07, 6.45) is 9.67. The Bertz CT molecular complexity index is 3670. The summed E-state index contributed by atoms with van der Waals surface area (Å²) >= 11 is 0. The lowest BCUT2D eigenvalue weighted by atomic mass is 9.33. The molecule has 0 N–H and O–H groups in total. The van der Waals surface area contributed by atoms with Crippen LogP contribution in [0.3, 0.4) is 0 Å². The Labute approximate surface area is 469 Å². The molecular formula is C74H84BN3. The Balaban J connectivity index is 1.07. The van der Waals surface area contributed by atoms with Crippen LogP contribution in [0.2, 0.25) is 0 Å². The molecule has 0 spiro atoms. The van der Waals surface area contributed by atoms with Crippen molar-refractivity contribution in [3.05, 3.63) is 171 Å². The van der Waals surface area contributed by atoms with Gasteiger partial charge >= 0.3 is 0 Å². The van der Waals surface area contributed by atoms with Crippen LogP contribution >= 0.6 is 0 Å². The molecule has 3 aliphatic heterocycles. The molecule has 4 aliphatic carbocycles. The third-order valence-corrected chi connectivity index (χ3v) is 22.3. The zero-order valence-electron chi connectivity index (χ0n) is 50.1. The highest BCUT2D eigenvalue weighted by atomic mass is 15.3. The Morgan fingerprint density at radius 2 is 1.01 bits per heavy atom. The van der Waals surface area contributed by atoms with Gasteiger partial charge in [-0.15, -0.1) is 0 Å². The molecule has 0 radical (unpaired) electrons. The third kappa shape index (κ3) is 6.70. The number of hydrogen-bond donors (Lipinski definition) is 0. The van der Waals surface area contributed by atoms with E-state index < -0.39 is 0 Å². The molecule has 3 heterocycles. The van der Waals surface area contributed by atoms with E-state index in [9.17, 15) is 0 Å². The van der Waals surface area contributed by atoms with Gasteiger partial charge in [-0.05, 0) is 218 Å². The van der Waals surface area contributed by atoms with Crippen molar-refractivity contribution in [2.24, 2.45) is 0 Å². The molecule has 7 aromatic rings. The molecule has 1 saturated carbocycles. The molecule has 78 heavy (non-hydrogen) atoms. The van der Waals surface area contributed by atoms with Crippen LogP contribution in [0.25, 0.3) is 11.1 Å². The van der Waals surface area contributed by atoms with Crippen LogP contribution in [0.4, 0.5) is 45.5 Å². The van der Waals surface area contributed by atoms with Gasteiger partial charge in [0, 0.05) is 56.3 Å². The van der Waals surface area contributed by atoms with E-state index in [1.54, 1.807) is 5.56 Å². The van der Waals surface area contributed by atoms with Gasteiger partial charge in [0.05, 0.1) is 5.54 Å². The fourth-order valence-corrected chi connectivity index (χ4v) is 17.0. The zero-order valence-corrected chi connectivity index (χ0v) is 50.1. The van der Waals surface area contributed by atoms with Crippen LogP contribution < -0.4 is 31.1 Å². The summed E-state index contributed by atoms with van der Waals surface area (Å²) in [6, 6.07) is 49.8. The molecule has 0 saturated heterocycles. The van der Waals surface area contributed by atoms with Gasteiger partial charge in [-0.1, -0.05) is 170 Å². The Kier molecular flexibility index (Phi) is 10.2. The molecule has 2 unspecified atom stereocenters. The van der Waals surface area contributed by atoms with E-state index in [4.69, 9.17) is 0 Å². The predicted octanol–water partition coefficient (Wildman–Crippen LogP) is 18.1. The highest BCUT2D eigenvalue weighted by Gasteiger charge is 2.62.